The van der Waals surface area contributed by atoms with Gasteiger partial charge in [-0.2, -0.15) is 10.1 Å². The van der Waals surface area contributed by atoms with E-state index in [0.717, 1.165) is 16.8 Å². The van der Waals surface area contributed by atoms with Crippen LogP contribution < -0.4 is 10.6 Å². The number of anilines is 1. The summed E-state index contributed by atoms with van der Waals surface area (Å²) in [4.78, 5) is 26.0. The summed E-state index contributed by atoms with van der Waals surface area (Å²) in [6.07, 6.45) is 1.63. The van der Waals surface area contributed by atoms with Crippen LogP contribution in [0.3, 0.4) is 0 Å². The van der Waals surface area contributed by atoms with Crippen molar-refractivity contribution in [1.29, 1.82) is 0 Å². The lowest BCUT2D eigenvalue weighted by atomic mass is 10.1. The van der Waals surface area contributed by atoms with Gasteiger partial charge in [-0.3, -0.25) is 14.7 Å². The lowest BCUT2D eigenvalue weighted by Gasteiger charge is -2.11. The monoisotopic (exact) mass is 386 g/mol. The molecule has 0 saturated heterocycles. The van der Waals surface area contributed by atoms with E-state index in [2.05, 4.69) is 10.2 Å². The molecule has 0 spiro atoms. The van der Waals surface area contributed by atoms with Gasteiger partial charge < -0.3 is 0 Å². The van der Waals surface area contributed by atoms with Crippen molar-refractivity contribution < 1.29 is 4.79 Å². The summed E-state index contributed by atoms with van der Waals surface area (Å²) >= 11 is 0. The Morgan fingerprint density at radius 3 is 1.97 bits per heavy atom. The molecule has 3 aromatic rings. The molecule has 0 fully saturated rings. The Kier molecular flexibility index (Phi) is 4.54. The second kappa shape index (κ2) is 7.05. The molecule has 4 rings (SSSR count). The van der Waals surface area contributed by atoms with Gasteiger partial charge in [0.05, 0.1) is 28.2 Å². The van der Waals surface area contributed by atoms with Gasteiger partial charge in [0, 0.05) is 5.69 Å². The summed E-state index contributed by atoms with van der Waals surface area (Å²) in [7, 11) is 0. The van der Waals surface area contributed by atoms with Gasteiger partial charge in [0.2, 0.25) is 0 Å². The number of carbonyl (C=O) groups excluding carboxylic acids is 1. The second-order valence-corrected chi connectivity index (χ2v) is 7.32. The maximum absolute atomic E-state index is 13.0. The van der Waals surface area contributed by atoms with E-state index in [4.69, 9.17) is 0 Å². The largest absolute Gasteiger partial charge is 0.295 e. The van der Waals surface area contributed by atoms with Crippen molar-refractivity contribution in [2.75, 3.05) is 5.01 Å². The zero-order valence-electron chi connectivity index (χ0n) is 16.9. The SMILES string of the molecule is CC1=NN(c2ccc(C)cc2)C(=O)C1=Cc1c(C)[nH]n(-c2ccc(C)cc2)c1=O. The Balaban J connectivity index is 1.72. The Morgan fingerprint density at radius 2 is 1.38 bits per heavy atom. The van der Waals surface area contributed by atoms with Crippen molar-refractivity contribution in [2.45, 2.75) is 27.7 Å². The predicted octanol–water partition coefficient (Wildman–Crippen LogP) is 3.90. The van der Waals surface area contributed by atoms with E-state index in [1.807, 2.05) is 69.3 Å². The number of benzene rings is 2. The predicted molar refractivity (Wildman–Crippen MR) is 116 cm³/mol. The van der Waals surface area contributed by atoms with E-state index >= 15 is 0 Å². The normalized spacial score (nSPS) is 15.3. The van der Waals surface area contributed by atoms with Crippen LogP contribution in [0.2, 0.25) is 0 Å². The van der Waals surface area contributed by atoms with Crippen LogP contribution in [-0.2, 0) is 4.79 Å². The van der Waals surface area contributed by atoms with Crippen LogP contribution in [0.25, 0.3) is 11.8 Å². The van der Waals surface area contributed by atoms with E-state index in [1.165, 1.54) is 9.69 Å². The fourth-order valence-corrected chi connectivity index (χ4v) is 3.29. The standard InChI is InChI=1S/C23H22N4O2/c1-14-5-9-18(10-6-14)26-22(28)20(16(3)24-26)13-21-17(4)25-27(23(21)29)19-11-7-15(2)8-12-19/h5-13,24H,1-4H3. The van der Waals surface area contributed by atoms with Gasteiger partial charge in [0.25, 0.3) is 11.5 Å². The summed E-state index contributed by atoms with van der Waals surface area (Å²) in [5.41, 5.74) is 5.62. The molecule has 1 N–H and O–H groups in total. The van der Waals surface area contributed by atoms with E-state index in [1.54, 1.807) is 13.0 Å². The first-order valence-corrected chi connectivity index (χ1v) is 9.42. The number of H-pyrrole nitrogens is 1. The minimum absolute atomic E-state index is 0.201. The molecule has 1 aromatic heterocycles. The smallest absolute Gasteiger partial charge is 0.280 e. The van der Waals surface area contributed by atoms with Gasteiger partial charge in [-0.1, -0.05) is 35.4 Å². The summed E-state index contributed by atoms with van der Waals surface area (Å²) in [6, 6.07) is 15.3. The molecule has 2 aromatic carbocycles. The average molecular weight is 386 g/mol. The van der Waals surface area contributed by atoms with Crippen molar-refractivity contribution in [1.82, 2.24) is 9.78 Å². The number of amides is 1. The molecule has 2 heterocycles. The summed E-state index contributed by atoms with van der Waals surface area (Å²) < 4.78 is 1.49. The highest BCUT2D eigenvalue weighted by molar-refractivity contribution is 6.32. The fourth-order valence-electron chi connectivity index (χ4n) is 3.29. The topological polar surface area (TPSA) is 70.5 Å². The summed E-state index contributed by atoms with van der Waals surface area (Å²) in [5.74, 6) is -0.242. The van der Waals surface area contributed by atoms with E-state index in [9.17, 15) is 9.59 Å². The Labute approximate surface area is 168 Å². The highest BCUT2D eigenvalue weighted by Crippen LogP contribution is 2.25. The number of hydrogen-bond donors (Lipinski definition) is 1. The van der Waals surface area contributed by atoms with Crippen LogP contribution in [0, 0.1) is 20.8 Å². The molecule has 0 atom stereocenters. The third-order valence-corrected chi connectivity index (χ3v) is 5.04. The highest BCUT2D eigenvalue weighted by Gasteiger charge is 2.29. The number of aromatic amines is 1. The van der Waals surface area contributed by atoms with Crippen molar-refractivity contribution in [2.24, 2.45) is 5.10 Å². The van der Waals surface area contributed by atoms with E-state index in [0.29, 0.717) is 28.2 Å². The maximum atomic E-state index is 13.0. The first kappa shape index (κ1) is 18.7. The minimum Gasteiger partial charge on any atom is -0.295 e. The lowest BCUT2D eigenvalue weighted by Crippen LogP contribution is -2.22. The molecule has 1 aliphatic rings. The van der Waals surface area contributed by atoms with Gasteiger partial charge in [-0.05, 0) is 58.0 Å². The van der Waals surface area contributed by atoms with Gasteiger partial charge in [0.15, 0.2) is 0 Å². The number of aromatic nitrogens is 2. The number of carbonyl (C=O) groups is 1. The summed E-state index contributed by atoms with van der Waals surface area (Å²) in [6.45, 7) is 7.58. The molecular formula is C23H22N4O2. The lowest BCUT2D eigenvalue weighted by molar-refractivity contribution is -0.114. The van der Waals surface area contributed by atoms with Crippen molar-refractivity contribution in [3.05, 3.63) is 86.8 Å². The molecule has 0 bridgehead atoms. The molecule has 6 heteroatoms. The zero-order valence-corrected chi connectivity index (χ0v) is 16.9. The first-order valence-electron chi connectivity index (χ1n) is 9.42. The quantitative estimate of drug-likeness (QED) is 0.694. The minimum atomic E-state index is -0.242. The fraction of sp³-hybridized carbons (Fsp3) is 0.174. The molecule has 6 nitrogen and oxygen atoms in total. The average Bonchev–Trinajstić information content (AvgIpc) is 3.14. The van der Waals surface area contributed by atoms with Crippen molar-refractivity contribution in [3.63, 3.8) is 0 Å². The molecule has 29 heavy (non-hydrogen) atoms. The number of hydrazone groups is 1. The second-order valence-electron chi connectivity index (χ2n) is 7.32. The van der Waals surface area contributed by atoms with E-state index in [-0.39, 0.29) is 11.5 Å². The molecular weight excluding hydrogens is 364 g/mol. The van der Waals surface area contributed by atoms with Crippen LogP contribution in [0.5, 0.6) is 0 Å². The van der Waals surface area contributed by atoms with Crippen LogP contribution in [0.1, 0.15) is 29.3 Å². The number of nitrogens with zero attached hydrogens (tertiary/aromatic N) is 3. The summed E-state index contributed by atoms with van der Waals surface area (Å²) in [5, 5.41) is 8.87. The molecule has 0 aliphatic carbocycles. The number of aryl methyl sites for hydroxylation is 3. The maximum Gasteiger partial charge on any atom is 0.280 e. The molecule has 1 aliphatic heterocycles. The highest BCUT2D eigenvalue weighted by atomic mass is 16.2. The number of hydrogen-bond acceptors (Lipinski definition) is 3. The van der Waals surface area contributed by atoms with Gasteiger partial charge in [-0.15, -0.1) is 0 Å². The Bertz CT molecular complexity index is 1210. The van der Waals surface area contributed by atoms with Gasteiger partial charge in [0.1, 0.15) is 0 Å². The van der Waals surface area contributed by atoms with Crippen LogP contribution >= 0.6 is 0 Å². The first-order chi connectivity index (χ1) is 13.8. The molecule has 0 radical (unpaired) electrons. The number of nitrogens with one attached hydrogen (secondary N) is 1. The molecule has 0 unspecified atom stereocenters. The van der Waals surface area contributed by atoms with Gasteiger partial charge in [-0.25, -0.2) is 4.68 Å². The van der Waals surface area contributed by atoms with Gasteiger partial charge >= 0.3 is 0 Å². The molecule has 1 amide bonds. The van der Waals surface area contributed by atoms with Crippen LogP contribution in [0.4, 0.5) is 5.69 Å². The Morgan fingerprint density at radius 1 is 0.828 bits per heavy atom. The number of rotatable bonds is 3. The molecule has 0 saturated carbocycles. The molecule has 146 valence electrons. The van der Waals surface area contributed by atoms with E-state index < -0.39 is 0 Å². The third kappa shape index (κ3) is 3.33. The van der Waals surface area contributed by atoms with Crippen LogP contribution in [-0.4, -0.2) is 21.4 Å². The third-order valence-electron chi connectivity index (χ3n) is 5.04. The van der Waals surface area contributed by atoms with Crippen molar-refractivity contribution >= 4 is 23.4 Å². The zero-order chi connectivity index (χ0) is 20.7. The van der Waals surface area contributed by atoms with Crippen molar-refractivity contribution in [3.8, 4) is 5.69 Å². The Hall–Kier alpha value is -3.67. The van der Waals surface area contributed by atoms with Crippen LogP contribution in [0.15, 0.2) is 64.0 Å².